The van der Waals surface area contributed by atoms with Crippen LogP contribution in [0.2, 0.25) is 0 Å². The van der Waals surface area contributed by atoms with Gasteiger partial charge in [0, 0.05) is 11.8 Å². The lowest BCUT2D eigenvalue weighted by molar-refractivity contribution is -0.0335. The van der Waals surface area contributed by atoms with Gasteiger partial charge in [-0.3, -0.25) is 0 Å². The summed E-state index contributed by atoms with van der Waals surface area (Å²) in [5.41, 5.74) is -0.236. The summed E-state index contributed by atoms with van der Waals surface area (Å²) in [6.45, 7) is 0.467. The Kier molecular flexibility index (Phi) is 0.921. The number of azo groups is 1. The van der Waals surface area contributed by atoms with E-state index in [1.54, 1.807) is 0 Å². The van der Waals surface area contributed by atoms with Crippen LogP contribution in [0.5, 0.6) is 0 Å². The topological polar surface area (TPSA) is 34.0 Å². The molecule has 3 heteroatoms. The first-order chi connectivity index (χ1) is 5.42. The summed E-state index contributed by atoms with van der Waals surface area (Å²) in [6.07, 6.45) is 6.91. The molecule has 1 fully saturated rings. The van der Waals surface area contributed by atoms with Crippen molar-refractivity contribution in [1.29, 1.82) is 0 Å². The SMILES string of the molecule is C1=CC2CCC1C21N=NCO1. The lowest BCUT2D eigenvalue weighted by Crippen LogP contribution is -2.32. The predicted octanol–water partition coefficient (Wildman–Crippen LogP) is 1.72. The largest absolute Gasteiger partial charge is 0.327 e. The third-order valence-electron chi connectivity index (χ3n) is 3.01. The van der Waals surface area contributed by atoms with E-state index in [9.17, 15) is 0 Å². The second-order valence-corrected chi connectivity index (χ2v) is 3.44. The van der Waals surface area contributed by atoms with Gasteiger partial charge >= 0.3 is 0 Å². The van der Waals surface area contributed by atoms with E-state index in [1.165, 1.54) is 12.8 Å². The second-order valence-electron chi connectivity index (χ2n) is 3.44. The molecule has 0 saturated heterocycles. The van der Waals surface area contributed by atoms with Gasteiger partial charge in [0.1, 0.15) is 0 Å². The number of ether oxygens (including phenoxy) is 1. The van der Waals surface area contributed by atoms with Gasteiger partial charge in [-0.25, -0.2) is 0 Å². The van der Waals surface area contributed by atoms with Crippen molar-refractivity contribution in [3.8, 4) is 0 Å². The highest BCUT2D eigenvalue weighted by atomic mass is 16.5. The van der Waals surface area contributed by atoms with Gasteiger partial charge in [0.25, 0.3) is 0 Å². The number of hydrogen-bond donors (Lipinski definition) is 0. The maximum Gasteiger partial charge on any atom is 0.193 e. The zero-order valence-corrected chi connectivity index (χ0v) is 6.23. The first kappa shape index (κ1) is 5.89. The molecule has 0 aromatic heterocycles. The van der Waals surface area contributed by atoms with Gasteiger partial charge in [-0.2, -0.15) is 10.2 Å². The highest BCUT2D eigenvalue weighted by Gasteiger charge is 2.55. The van der Waals surface area contributed by atoms with Crippen LogP contribution in [0.25, 0.3) is 0 Å². The molecular weight excluding hydrogens is 140 g/mol. The molecule has 58 valence electrons. The molecule has 2 atom stereocenters. The fourth-order valence-corrected chi connectivity index (χ4v) is 2.45. The van der Waals surface area contributed by atoms with Crippen LogP contribution < -0.4 is 0 Å². The standard InChI is InChI=1S/C8H10N2O/c1-2-7-4-3-6(1)8(7)10-9-5-11-8/h1-2,6-7H,3-5H2. The monoisotopic (exact) mass is 150 g/mol. The second kappa shape index (κ2) is 1.72. The van der Waals surface area contributed by atoms with Crippen molar-refractivity contribution < 1.29 is 4.74 Å². The van der Waals surface area contributed by atoms with Crippen LogP contribution >= 0.6 is 0 Å². The third-order valence-corrected chi connectivity index (χ3v) is 3.01. The molecule has 1 saturated carbocycles. The van der Waals surface area contributed by atoms with Crippen molar-refractivity contribution in [2.24, 2.45) is 22.1 Å². The number of nitrogens with zero attached hydrogens (tertiary/aromatic N) is 2. The Hall–Kier alpha value is -0.700. The van der Waals surface area contributed by atoms with E-state index in [2.05, 4.69) is 22.4 Å². The minimum atomic E-state index is -0.236. The van der Waals surface area contributed by atoms with Crippen LogP contribution in [-0.4, -0.2) is 12.5 Å². The molecule has 3 nitrogen and oxygen atoms in total. The smallest absolute Gasteiger partial charge is 0.193 e. The summed E-state index contributed by atoms with van der Waals surface area (Å²) >= 11 is 0. The fraction of sp³-hybridized carbons (Fsp3) is 0.750. The van der Waals surface area contributed by atoms with E-state index in [4.69, 9.17) is 4.74 Å². The molecule has 1 heterocycles. The van der Waals surface area contributed by atoms with Crippen LogP contribution in [0.3, 0.4) is 0 Å². The molecule has 0 aromatic carbocycles. The Morgan fingerprint density at radius 3 is 2.45 bits per heavy atom. The average molecular weight is 150 g/mol. The van der Waals surface area contributed by atoms with Crippen LogP contribution in [0.1, 0.15) is 12.8 Å². The third kappa shape index (κ3) is 0.540. The zero-order valence-electron chi connectivity index (χ0n) is 6.23. The molecule has 2 bridgehead atoms. The van der Waals surface area contributed by atoms with Gasteiger partial charge in [0.05, 0.1) is 0 Å². The van der Waals surface area contributed by atoms with Crippen molar-refractivity contribution in [3.63, 3.8) is 0 Å². The van der Waals surface area contributed by atoms with Gasteiger partial charge in [-0.05, 0) is 12.8 Å². The normalized spacial score (nSPS) is 51.6. The summed E-state index contributed by atoms with van der Waals surface area (Å²) in [7, 11) is 0. The van der Waals surface area contributed by atoms with Gasteiger partial charge in [0.2, 0.25) is 0 Å². The molecule has 0 radical (unpaired) electrons. The van der Waals surface area contributed by atoms with Gasteiger partial charge in [0.15, 0.2) is 12.5 Å². The van der Waals surface area contributed by atoms with Crippen molar-refractivity contribution >= 4 is 0 Å². The number of hydrogen-bond acceptors (Lipinski definition) is 3. The molecule has 0 aromatic rings. The minimum Gasteiger partial charge on any atom is -0.327 e. The Labute approximate surface area is 65.1 Å². The highest BCUT2D eigenvalue weighted by molar-refractivity contribution is 5.20. The van der Waals surface area contributed by atoms with E-state index in [1.807, 2.05) is 0 Å². The molecule has 0 amide bonds. The Morgan fingerprint density at radius 1 is 1.27 bits per heavy atom. The van der Waals surface area contributed by atoms with Gasteiger partial charge in [-0.15, -0.1) is 0 Å². The van der Waals surface area contributed by atoms with Crippen LogP contribution in [0.4, 0.5) is 0 Å². The highest BCUT2D eigenvalue weighted by Crippen LogP contribution is 2.52. The van der Waals surface area contributed by atoms with E-state index >= 15 is 0 Å². The van der Waals surface area contributed by atoms with Crippen molar-refractivity contribution in [2.75, 3.05) is 6.73 Å². The van der Waals surface area contributed by atoms with Crippen LogP contribution in [0, 0.1) is 11.8 Å². The molecule has 3 rings (SSSR count). The Morgan fingerprint density at radius 2 is 2.00 bits per heavy atom. The van der Waals surface area contributed by atoms with Crippen molar-refractivity contribution in [1.82, 2.24) is 0 Å². The molecule has 1 spiro atoms. The van der Waals surface area contributed by atoms with E-state index in [0.29, 0.717) is 18.6 Å². The number of rotatable bonds is 0. The molecule has 0 N–H and O–H groups in total. The first-order valence-corrected chi connectivity index (χ1v) is 4.13. The summed E-state index contributed by atoms with van der Waals surface area (Å²) in [5.74, 6) is 1.03. The van der Waals surface area contributed by atoms with E-state index < -0.39 is 0 Å². The van der Waals surface area contributed by atoms with Crippen molar-refractivity contribution in [3.05, 3.63) is 12.2 Å². The fourth-order valence-electron chi connectivity index (χ4n) is 2.45. The molecular formula is C8H10N2O. The first-order valence-electron chi connectivity index (χ1n) is 4.13. The summed E-state index contributed by atoms with van der Waals surface area (Å²) < 4.78 is 5.59. The molecule has 3 aliphatic rings. The van der Waals surface area contributed by atoms with Crippen LogP contribution in [0.15, 0.2) is 22.4 Å². The predicted molar refractivity (Wildman–Crippen MR) is 38.9 cm³/mol. The Balaban J connectivity index is 2.06. The summed E-state index contributed by atoms with van der Waals surface area (Å²) in [4.78, 5) is 0. The summed E-state index contributed by atoms with van der Waals surface area (Å²) in [5, 5.41) is 8.15. The van der Waals surface area contributed by atoms with Crippen LogP contribution in [-0.2, 0) is 4.74 Å². The molecule has 1 aliphatic heterocycles. The average Bonchev–Trinajstić information content (AvgIpc) is 2.72. The van der Waals surface area contributed by atoms with E-state index in [-0.39, 0.29) is 5.72 Å². The van der Waals surface area contributed by atoms with Crippen molar-refractivity contribution in [2.45, 2.75) is 18.6 Å². The molecule has 2 aliphatic carbocycles. The maximum absolute atomic E-state index is 5.59. The quantitative estimate of drug-likeness (QED) is 0.484. The zero-order chi connectivity index (χ0) is 7.31. The summed E-state index contributed by atoms with van der Waals surface area (Å²) in [6, 6.07) is 0. The van der Waals surface area contributed by atoms with Gasteiger partial charge in [-0.1, -0.05) is 12.2 Å². The molecule has 11 heavy (non-hydrogen) atoms. The maximum atomic E-state index is 5.59. The molecule has 2 unspecified atom stereocenters. The lowest BCUT2D eigenvalue weighted by atomic mass is 10.0. The Bertz CT molecular complexity index is 232. The lowest BCUT2D eigenvalue weighted by Gasteiger charge is -2.22. The minimum absolute atomic E-state index is 0.236. The van der Waals surface area contributed by atoms with Gasteiger partial charge < -0.3 is 4.74 Å². The van der Waals surface area contributed by atoms with E-state index in [0.717, 1.165) is 0 Å².